The number of ketones is 1. The Kier molecular flexibility index (Phi) is 5.06. The van der Waals surface area contributed by atoms with E-state index in [1.54, 1.807) is 17.9 Å². The number of hydrogen-bond acceptors (Lipinski definition) is 6. The quantitative estimate of drug-likeness (QED) is 0.769. The molecule has 0 aliphatic carbocycles. The lowest BCUT2D eigenvalue weighted by atomic mass is 10.1. The van der Waals surface area contributed by atoms with E-state index >= 15 is 0 Å². The first-order valence-corrected chi connectivity index (χ1v) is 8.15. The first-order valence-electron chi connectivity index (χ1n) is 8.15. The van der Waals surface area contributed by atoms with E-state index < -0.39 is 5.82 Å². The van der Waals surface area contributed by atoms with Gasteiger partial charge in [0.15, 0.2) is 5.78 Å². The summed E-state index contributed by atoms with van der Waals surface area (Å²) in [5.74, 6) is -0.513. The summed E-state index contributed by atoms with van der Waals surface area (Å²) in [6.07, 6.45) is 0.0790. The van der Waals surface area contributed by atoms with Crippen LogP contribution < -0.4 is 4.90 Å². The Morgan fingerprint density at radius 3 is 2.48 bits per heavy atom. The van der Waals surface area contributed by atoms with Crippen LogP contribution in [0.5, 0.6) is 0 Å². The maximum absolute atomic E-state index is 13.6. The molecule has 2 heterocycles. The predicted octanol–water partition coefficient (Wildman–Crippen LogP) is 1.83. The van der Waals surface area contributed by atoms with Gasteiger partial charge in [0.25, 0.3) is 0 Å². The third-order valence-corrected chi connectivity index (χ3v) is 4.16. The van der Waals surface area contributed by atoms with Crippen molar-refractivity contribution in [2.45, 2.75) is 19.8 Å². The molecule has 8 heteroatoms. The number of anilines is 1. The summed E-state index contributed by atoms with van der Waals surface area (Å²) in [4.78, 5) is 27.9. The molecule has 0 atom stereocenters. The highest BCUT2D eigenvalue weighted by molar-refractivity contribution is 5.98. The van der Waals surface area contributed by atoms with E-state index in [1.165, 1.54) is 18.2 Å². The van der Waals surface area contributed by atoms with Crippen molar-refractivity contribution in [1.29, 1.82) is 0 Å². The third kappa shape index (κ3) is 4.01. The lowest BCUT2D eigenvalue weighted by Crippen LogP contribution is -2.49. The minimum atomic E-state index is -0.552. The van der Waals surface area contributed by atoms with Gasteiger partial charge < -0.3 is 14.2 Å². The van der Waals surface area contributed by atoms with Crippen molar-refractivity contribution in [3.63, 3.8) is 0 Å². The number of hydrogen-bond donors (Lipinski definition) is 0. The minimum absolute atomic E-state index is 0.00281. The number of halogens is 1. The largest absolute Gasteiger partial charge is 0.408 e. The molecule has 7 nitrogen and oxygen atoms in total. The Bertz CT molecular complexity index is 769. The van der Waals surface area contributed by atoms with Gasteiger partial charge in [-0.05, 0) is 12.1 Å². The molecule has 132 valence electrons. The van der Waals surface area contributed by atoms with Crippen LogP contribution in [-0.4, -0.2) is 53.0 Å². The normalized spacial score (nSPS) is 14.6. The number of carbonyl (C=O) groups is 2. The van der Waals surface area contributed by atoms with Gasteiger partial charge in [0.2, 0.25) is 11.8 Å². The number of carbonyl (C=O) groups excluding carboxylic acids is 2. The fourth-order valence-corrected chi connectivity index (χ4v) is 2.76. The zero-order valence-electron chi connectivity index (χ0n) is 13.9. The van der Waals surface area contributed by atoms with E-state index in [0.717, 1.165) is 0 Å². The first kappa shape index (κ1) is 17.1. The number of aryl methyl sites for hydroxylation is 1. The van der Waals surface area contributed by atoms with Crippen molar-refractivity contribution in [3.8, 4) is 0 Å². The van der Waals surface area contributed by atoms with Crippen molar-refractivity contribution in [3.05, 3.63) is 41.5 Å². The Labute approximate surface area is 144 Å². The maximum atomic E-state index is 13.6. The molecule has 3 rings (SSSR count). The van der Waals surface area contributed by atoms with Gasteiger partial charge >= 0.3 is 6.01 Å². The summed E-state index contributed by atoms with van der Waals surface area (Å²) in [7, 11) is 0. The number of Topliss-reactive ketones (excluding diaryl/α,β-unsaturated/α-hetero) is 1. The van der Waals surface area contributed by atoms with Crippen LogP contribution in [-0.2, 0) is 4.79 Å². The van der Waals surface area contributed by atoms with Crippen molar-refractivity contribution in [2.75, 3.05) is 31.1 Å². The summed E-state index contributed by atoms with van der Waals surface area (Å²) in [5, 5.41) is 7.76. The maximum Gasteiger partial charge on any atom is 0.318 e. The number of amides is 1. The van der Waals surface area contributed by atoms with Gasteiger partial charge in [0.1, 0.15) is 5.82 Å². The molecule has 1 aliphatic rings. The molecular weight excluding hydrogens is 327 g/mol. The topological polar surface area (TPSA) is 79.5 Å². The van der Waals surface area contributed by atoms with Gasteiger partial charge in [-0.3, -0.25) is 9.59 Å². The molecule has 1 fully saturated rings. The van der Waals surface area contributed by atoms with Gasteiger partial charge in [-0.15, -0.1) is 5.10 Å². The molecule has 0 N–H and O–H groups in total. The van der Waals surface area contributed by atoms with E-state index in [4.69, 9.17) is 4.42 Å². The molecular formula is C17H19FN4O3. The van der Waals surface area contributed by atoms with Gasteiger partial charge in [-0.2, -0.15) is 0 Å². The Morgan fingerprint density at radius 1 is 1.12 bits per heavy atom. The molecule has 0 radical (unpaired) electrons. The molecule has 1 amide bonds. The van der Waals surface area contributed by atoms with Crippen LogP contribution in [0.4, 0.5) is 10.4 Å². The lowest BCUT2D eigenvalue weighted by molar-refractivity contribution is -0.131. The first-order chi connectivity index (χ1) is 12.0. The zero-order chi connectivity index (χ0) is 17.8. The highest BCUT2D eigenvalue weighted by atomic mass is 19.1. The average molecular weight is 346 g/mol. The van der Waals surface area contributed by atoms with Crippen LogP contribution in [0.3, 0.4) is 0 Å². The molecule has 0 bridgehead atoms. The average Bonchev–Trinajstić information content (AvgIpc) is 3.06. The van der Waals surface area contributed by atoms with Crippen LogP contribution in [0, 0.1) is 12.7 Å². The second kappa shape index (κ2) is 7.42. The monoisotopic (exact) mass is 346 g/mol. The minimum Gasteiger partial charge on any atom is -0.408 e. The van der Waals surface area contributed by atoms with Crippen LogP contribution in [0.25, 0.3) is 0 Å². The summed E-state index contributed by atoms with van der Waals surface area (Å²) >= 11 is 0. The van der Waals surface area contributed by atoms with Crippen LogP contribution in [0.2, 0.25) is 0 Å². The van der Waals surface area contributed by atoms with Crippen molar-refractivity contribution in [2.24, 2.45) is 0 Å². The van der Waals surface area contributed by atoms with Gasteiger partial charge in [-0.25, -0.2) is 4.39 Å². The van der Waals surface area contributed by atoms with Crippen molar-refractivity contribution in [1.82, 2.24) is 15.1 Å². The number of benzene rings is 1. The number of aromatic nitrogens is 2. The van der Waals surface area contributed by atoms with Gasteiger partial charge in [0, 0.05) is 45.9 Å². The number of rotatable bonds is 5. The van der Waals surface area contributed by atoms with E-state index in [-0.39, 0.29) is 30.1 Å². The van der Waals surface area contributed by atoms with Gasteiger partial charge in [0.05, 0.1) is 5.56 Å². The summed E-state index contributed by atoms with van der Waals surface area (Å²) in [6, 6.07) is 6.28. The highest BCUT2D eigenvalue weighted by Gasteiger charge is 2.24. The van der Waals surface area contributed by atoms with Crippen molar-refractivity contribution < 1.29 is 18.4 Å². The van der Waals surface area contributed by atoms with E-state index in [1.807, 2.05) is 4.90 Å². The smallest absolute Gasteiger partial charge is 0.318 e. The Morgan fingerprint density at radius 2 is 1.84 bits per heavy atom. The summed E-state index contributed by atoms with van der Waals surface area (Å²) < 4.78 is 19.0. The molecule has 1 aromatic heterocycles. The summed E-state index contributed by atoms with van der Waals surface area (Å²) in [5.41, 5.74) is 0.0342. The fraction of sp³-hybridized carbons (Fsp3) is 0.412. The Hall–Kier alpha value is -2.77. The van der Waals surface area contributed by atoms with Crippen molar-refractivity contribution >= 4 is 17.7 Å². The Balaban J connectivity index is 1.48. The summed E-state index contributed by atoms with van der Waals surface area (Å²) in [6.45, 7) is 3.95. The number of piperazine rings is 1. The SMILES string of the molecule is Cc1nnc(N2CCN(C(=O)CCC(=O)c3ccccc3F)CC2)o1. The lowest BCUT2D eigenvalue weighted by Gasteiger charge is -2.33. The van der Waals surface area contributed by atoms with E-state index in [2.05, 4.69) is 10.2 Å². The molecule has 1 saturated heterocycles. The fourth-order valence-electron chi connectivity index (χ4n) is 2.76. The second-order valence-corrected chi connectivity index (χ2v) is 5.87. The van der Waals surface area contributed by atoms with Crippen LogP contribution in [0.1, 0.15) is 29.1 Å². The zero-order valence-corrected chi connectivity index (χ0v) is 13.9. The molecule has 1 aromatic carbocycles. The number of nitrogens with zero attached hydrogens (tertiary/aromatic N) is 4. The van der Waals surface area contributed by atoms with Gasteiger partial charge in [-0.1, -0.05) is 17.2 Å². The third-order valence-electron chi connectivity index (χ3n) is 4.16. The molecule has 0 saturated carbocycles. The van der Waals surface area contributed by atoms with E-state index in [9.17, 15) is 14.0 Å². The van der Waals surface area contributed by atoms with E-state index in [0.29, 0.717) is 38.1 Å². The predicted molar refractivity (Wildman–Crippen MR) is 87.8 cm³/mol. The molecule has 2 aromatic rings. The second-order valence-electron chi connectivity index (χ2n) is 5.87. The molecule has 25 heavy (non-hydrogen) atoms. The molecule has 1 aliphatic heterocycles. The van der Waals surface area contributed by atoms with Crippen LogP contribution in [0.15, 0.2) is 28.7 Å². The molecule has 0 unspecified atom stereocenters. The molecule has 0 spiro atoms. The highest BCUT2D eigenvalue weighted by Crippen LogP contribution is 2.16. The van der Waals surface area contributed by atoms with Crippen LogP contribution >= 0.6 is 0 Å². The standard InChI is InChI=1S/C17H19FN4O3/c1-12-19-20-17(25-12)22-10-8-21(9-11-22)16(24)7-6-15(23)13-4-2-3-5-14(13)18/h2-5H,6-11H2,1H3.